The highest BCUT2D eigenvalue weighted by Gasteiger charge is 2.12. The first-order valence-corrected chi connectivity index (χ1v) is 5.25. The number of hydrogen-bond donors (Lipinski definition) is 2. The lowest BCUT2D eigenvalue weighted by Crippen LogP contribution is -1.98. The van der Waals surface area contributed by atoms with E-state index in [0.29, 0.717) is 23.2 Å². The number of halogens is 1. The molecule has 1 aromatic carbocycles. The number of nitrogens with one attached hydrogen (secondary N) is 1. The van der Waals surface area contributed by atoms with Crippen LogP contribution in [-0.2, 0) is 4.79 Å². The van der Waals surface area contributed by atoms with Crippen molar-refractivity contribution >= 4 is 23.7 Å². The monoisotopic (exact) mass is 248 g/mol. The van der Waals surface area contributed by atoms with Gasteiger partial charge in [-0.05, 0) is 12.1 Å². The number of hydrogen-bond acceptors (Lipinski definition) is 3. The second-order valence-corrected chi connectivity index (χ2v) is 3.66. The number of carbonyl (C=O) groups excluding carboxylic acids is 1. The van der Waals surface area contributed by atoms with E-state index in [9.17, 15) is 9.90 Å². The van der Waals surface area contributed by atoms with Crippen LogP contribution in [0.1, 0.15) is 0 Å². The molecule has 1 aromatic heterocycles. The quantitative estimate of drug-likeness (QED) is 0.648. The molecule has 1 amide bonds. The van der Waals surface area contributed by atoms with Gasteiger partial charge in [-0.2, -0.15) is 0 Å². The number of para-hydroxylation sites is 1. The molecule has 86 valence electrons. The van der Waals surface area contributed by atoms with Crippen LogP contribution in [-0.4, -0.2) is 16.5 Å². The highest BCUT2D eigenvalue weighted by Crippen LogP contribution is 2.36. The van der Waals surface area contributed by atoms with Crippen molar-refractivity contribution in [2.75, 3.05) is 5.32 Å². The van der Waals surface area contributed by atoms with E-state index in [1.54, 1.807) is 30.3 Å². The molecule has 0 radical (unpaired) electrons. The Balaban J connectivity index is 2.63. The number of anilines is 1. The van der Waals surface area contributed by atoms with Crippen molar-refractivity contribution in [1.82, 2.24) is 4.98 Å². The molecule has 4 nitrogen and oxygen atoms in total. The third-order valence-corrected chi connectivity index (χ3v) is 2.59. The Hall–Kier alpha value is -2.07. The maximum absolute atomic E-state index is 10.5. The van der Waals surface area contributed by atoms with Gasteiger partial charge >= 0.3 is 0 Å². The number of aromatic hydroxyl groups is 1. The van der Waals surface area contributed by atoms with Crippen LogP contribution >= 0.6 is 11.6 Å². The summed E-state index contributed by atoms with van der Waals surface area (Å²) in [6.07, 6.45) is 2.03. The van der Waals surface area contributed by atoms with Gasteiger partial charge in [0.05, 0.1) is 5.69 Å². The van der Waals surface area contributed by atoms with Gasteiger partial charge in [0.1, 0.15) is 5.75 Å². The number of phenols is 1. The second-order valence-electron chi connectivity index (χ2n) is 3.30. The van der Waals surface area contributed by atoms with E-state index >= 15 is 0 Å². The molecule has 0 aliphatic heterocycles. The summed E-state index contributed by atoms with van der Waals surface area (Å²) in [4.78, 5) is 14.4. The number of rotatable bonds is 3. The van der Waals surface area contributed by atoms with Crippen LogP contribution < -0.4 is 5.32 Å². The molecule has 0 fully saturated rings. The maximum Gasteiger partial charge on any atom is 0.211 e. The summed E-state index contributed by atoms with van der Waals surface area (Å²) in [5.74, 6) is 0.115. The molecule has 0 aliphatic rings. The SMILES string of the molecule is O=CNc1c(-c2ccccc2O)ccnc1Cl. The molecular weight excluding hydrogens is 240 g/mol. The molecule has 0 saturated heterocycles. The Morgan fingerprint density at radius 2 is 2.00 bits per heavy atom. The van der Waals surface area contributed by atoms with E-state index in [1.165, 1.54) is 6.20 Å². The fraction of sp³-hybridized carbons (Fsp3) is 0. The van der Waals surface area contributed by atoms with Crippen LogP contribution in [0, 0.1) is 0 Å². The zero-order valence-corrected chi connectivity index (χ0v) is 9.48. The van der Waals surface area contributed by atoms with Crippen molar-refractivity contribution in [3.05, 3.63) is 41.7 Å². The average Bonchev–Trinajstić information content (AvgIpc) is 2.33. The Morgan fingerprint density at radius 1 is 1.24 bits per heavy atom. The van der Waals surface area contributed by atoms with Gasteiger partial charge in [-0.3, -0.25) is 4.79 Å². The lowest BCUT2D eigenvalue weighted by atomic mass is 10.0. The number of phenolic OH excluding ortho intramolecular Hbond substituents is 1. The molecular formula is C12H9ClN2O2. The smallest absolute Gasteiger partial charge is 0.211 e. The van der Waals surface area contributed by atoms with Crippen LogP contribution in [0.5, 0.6) is 5.75 Å². The van der Waals surface area contributed by atoms with E-state index in [2.05, 4.69) is 10.3 Å². The standard InChI is InChI=1S/C12H9ClN2O2/c13-12-11(15-7-16)9(5-6-14-12)8-3-1-2-4-10(8)17/h1-7,17H,(H,15,16). The first-order valence-electron chi connectivity index (χ1n) is 4.87. The summed E-state index contributed by atoms with van der Waals surface area (Å²) in [6, 6.07) is 8.47. The first-order chi connectivity index (χ1) is 8.24. The number of pyridine rings is 1. The van der Waals surface area contributed by atoms with Gasteiger partial charge in [0.25, 0.3) is 0 Å². The van der Waals surface area contributed by atoms with E-state index in [0.717, 1.165) is 0 Å². The Morgan fingerprint density at radius 3 is 2.71 bits per heavy atom. The van der Waals surface area contributed by atoms with Crippen LogP contribution in [0.15, 0.2) is 36.5 Å². The lowest BCUT2D eigenvalue weighted by molar-refractivity contribution is -0.105. The Bertz CT molecular complexity index is 558. The summed E-state index contributed by atoms with van der Waals surface area (Å²) in [5.41, 5.74) is 1.59. The highest BCUT2D eigenvalue weighted by molar-refractivity contribution is 6.33. The van der Waals surface area contributed by atoms with Gasteiger partial charge in [-0.15, -0.1) is 0 Å². The maximum atomic E-state index is 10.5. The van der Waals surface area contributed by atoms with Crippen LogP contribution in [0.25, 0.3) is 11.1 Å². The summed E-state index contributed by atoms with van der Waals surface area (Å²) in [5, 5.41) is 12.4. The third kappa shape index (κ3) is 2.21. The van der Waals surface area contributed by atoms with E-state index < -0.39 is 0 Å². The second kappa shape index (κ2) is 4.84. The number of amides is 1. The summed E-state index contributed by atoms with van der Waals surface area (Å²) in [7, 11) is 0. The fourth-order valence-corrected chi connectivity index (χ4v) is 1.77. The zero-order valence-electron chi connectivity index (χ0n) is 8.72. The summed E-state index contributed by atoms with van der Waals surface area (Å²) in [6.45, 7) is 0. The van der Waals surface area contributed by atoms with Crippen molar-refractivity contribution in [2.45, 2.75) is 0 Å². The predicted octanol–water partition coefficient (Wildman–Crippen LogP) is 2.68. The molecule has 2 rings (SSSR count). The van der Waals surface area contributed by atoms with Gasteiger partial charge < -0.3 is 10.4 Å². The van der Waals surface area contributed by atoms with Gasteiger partial charge in [0.2, 0.25) is 6.41 Å². The molecule has 0 bridgehead atoms. The average molecular weight is 249 g/mol. The van der Waals surface area contributed by atoms with Crippen molar-refractivity contribution in [1.29, 1.82) is 0 Å². The van der Waals surface area contributed by atoms with Crippen LogP contribution in [0.2, 0.25) is 5.15 Å². The molecule has 0 unspecified atom stereocenters. The largest absolute Gasteiger partial charge is 0.507 e. The fourth-order valence-electron chi connectivity index (χ4n) is 1.56. The number of benzene rings is 1. The highest BCUT2D eigenvalue weighted by atomic mass is 35.5. The number of aromatic nitrogens is 1. The minimum absolute atomic E-state index is 0.115. The normalized spacial score (nSPS) is 9.94. The minimum atomic E-state index is 0.115. The molecule has 0 saturated carbocycles. The third-order valence-electron chi connectivity index (χ3n) is 2.30. The van der Waals surface area contributed by atoms with Gasteiger partial charge in [0.15, 0.2) is 5.15 Å². The Kier molecular flexibility index (Phi) is 3.25. The predicted molar refractivity (Wildman–Crippen MR) is 66.0 cm³/mol. The van der Waals surface area contributed by atoms with E-state index in [-0.39, 0.29) is 10.9 Å². The molecule has 2 aromatic rings. The summed E-state index contributed by atoms with van der Waals surface area (Å²) >= 11 is 5.90. The molecule has 0 spiro atoms. The summed E-state index contributed by atoms with van der Waals surface area (Å²) < 4.78 is 0. The van der Waals surface area contributed by atoms with Gasteiger partial charge in [-0.1, -0.05) is 29.8 Å². The topological polar surface area (TPSA) is 62.2 Å². The molecule has 1 heterocycles. The molecule has 0 atom stereocenters. The van der Waals surface area contributed by atoms with E-state index in [4.69, 9.17) is 11.6 Å². The lowest BCUT2D eigenvalue weighted by Gasteiger charge is -2.10. The Labute approximate surface area is 103 Å². The first kappa shape index (κ1) is 11.4. The minimum Gasteiger partial charge on any atom is -0.507 e. The van der Waals surface area contributed by atoms with Crippen molar-refractivity contribution < 1.29 is 9.90 Å². The zero-order chi connectivity index (χ0) is 12.3. The van der Waals surface area contributed by atoms with Gasteiger partial charge in [-0.25, -0.2) is 4.98 Å². The number of nitrogens with zero attached hydrogens (tertiary/aromatic N) is 1. The number of carbonyl (C=O) groups is 1. The van der Waals surface area contributed by atoms with Crippen molar-refractivity contribution in [2.24, 2.45) is 0 Å². The molecule has 0 aliphatic carbocycles. The van der Waals surface area contributed by atoms with Crippen molar-refractivity contribution in [3.63, 3.8) is 0 Å². The van der Waals surface area contributed by atoms with E-state index in [1.807, 2.05) is 0 Å². The van der Waals surface area contributed by atoms with Crippen LogP contribution in [0.4, 0.5) is 5.69 Å². The molecule has 2 N–H and O–H groups in total. The molecule has 17 heavy (non-hydrogen) atoms. The van der Waals surface area contributed by atoms with Gasteiger partial charge in [0, 0.05) is 17.3 Å². The van der Waals surface area contributed by atoms with Crippen molar-refractivity contribution in [3.8, 4) is 16.9 Å². The molecule has 5 heteroatoms. The van der Waals surface area contributed by atoms with Crippen LogP contribution in [0.3, 0.4) is 0 Å².